The minimum atomic E-state index is 1.12. The molecule has 0 aliphatic rings. The van der Waals surface area contributed by atoms with Crippen LogP contribution >= 0.6 is 0 Å². The number of rotatable bonds is 6. The van der Waals surface area contributed by atoms with Gasteiger partial charge in [0, 0.05) is 27.8 Å². The predicted molar refractivity (Wildman–Crippen MR) is 186 cm³/mol. The third kappa shape index (κ3) is 4.54. The number of hydrogen-bond acceptors (Lipinski definition) is 1. The van der Waals surface area contributed by atoms with Crippen molar-refractivity contribution in [2.24, 2.45) is 0 Å². The Hall–Kier alpha value is -5.86. The Bertz CT molecular complexity index is 2180. The van der Waals surface area contributed by atoms with E-state index < -0.39 is 0 Å². The first-order valence-electron chi connectivity index (χ1n) is 15.0. The second-order valence-corrected chi connectivity index (χ2v) is 11.0. The lowest BCUT2D eigenvalue weighted by Crippen LogP contribution is -2.10. The molecule has 1 heterocycles. The Balaban J connectivity index is 1.32. The van der Waals surface area contributed by atoms with Crippen molar-refractivity contribution in [3.8, 4) is 27.9 Å². The molecule has 0 amide bonds. The average Bonchev–Trinajstić information content (AvgIpc) is 3.45. The van der Waals surface area contributed by atoms with Gasteiger partial charge in [0.2, 0.25) is 0 Å². The fourth-order valence-electron chi connectivity index (χ4n) is 6.34. The lowest BCUT2D eigenvalue weighted by molar-refractivity contribution is 1.18. The molecule has 1 aromatic heterocycles. The smallest absolute Gasteiger partial charge is 0.0562 e. The number of para-hydroxylation sites is 2. The van der Waals surface area contributed by atoms with Gasteiger partial charge in [-0.05, 0) is 76.9 Å². The molecule has 0 radical (unpaired) electrons. The highest BCUT2D eigenvalue weighted by atomic mass is 15.1. The van der Waals surface area contributed by atoms with Crippen molar-refractivity contribution in [3.05, 3.63) is 182 Å². The molecule has 0 N–H and O–H groups in total. The van der Waals surface area contributed by atoms with Crippen LogP contribution in [-0.2, 0) is 0 Å². The molecule has 0 bridgehead atoms. The lowest BCUT2D eigenvalue weighted by Gasteiger charge is -2.26. The van der Waals surface area contributed by atoms with Crippen LogP contribution in [0.1, 0.15) is 0 Å². The van der Waals surface area contributed by atoms with Crippen molar-refractivity contribution in [2.75, 3.05) is 4.90 Å². The normalized spacial score (nSPS) is 11.2. The molecule has 0 saturated carbocycles. The molecular formula is C42H30N2. The number of anilines is 3. The second-order valence-electron chi connectivity index (χ2n) is 11.0. The molecule has 0 saturated heterocycles. The van der Waals surface area contributed by atoms with Crippen LogP contribution in [0.2, 0.25) is 0 Å². The summed E-state index contributed by atoms with van der Waals surface area (Å²) in [5.41, 5.74) is 11.8. The zero-order chi connectivity index (χ0) is 29.3. The summed E-state index contributed by atoms with van der Waals surface area (Å²) in [5.74, 6) is 0. The van der Waals surface area contributed by atoms with E-state index in [4.69, 9.17) is 0 Å². The van der Waals surface area contributed by atoms with Crippen LogP contribution < -0.4 is 4.90 Å². The number of fused-ring (bicyclic) bond motifs is 3. The number of aromatic nitrogens is 1. The van der Waals surface area contributed by atoms with Gasteiger partial charge in [-0.25, -0.2) is 0 Å². The van der Waals surface area contributed by atoms with Crippen LogP contribution in [-0.4, -0.2) is 4.57 Å². The number of hydrogen-bond donors (Lipinski definition) is 0. The molecule has 0 unspecified atom stereocenters. The third-order valence-electron chi connectivity index (χ3n) is 8.40. The molecular weight excluding hydrogens is 532 g/mol. The first-order valence-corrected chi connectivity index (χ1v) is 15.0. The fourth-order valence-corrected chi connectivity index (χ4v) is 6.34. The van der Waals surface area contributed by atoms with Crippen LogP contribution in [0.3, 0.4) is 0 Å². The summed E-state index contributed by atoms with van der Waals surface area (Å²) in [6.45, 7) is 0. The molecule has 0 atom stereocenters. The summed E-state index contributed by atoms with van der Waals surface area (Å²) in [5, 5.41) is 2.46. The van der Waals surface area contributed by atoms with Gasteiger partial charge in [0.1, 0.15) is 0 Å². The van der Waals surface area contributed by atoms with E-state index in [0.29, 0.717) is 0 Å². The van der Waals surface area contributed by atoms with Crippen molar-refractivity contribution in [3.63, 3.8) is 0 Å². The number of benzene rings is 7. The van der Waals surface area contributed by atoms with Crippen molar-refractivity contribution in [2.45, 2.75) is 0 Å². The Morgan fingerprint density at radius 2 is 0.818 bits per heavy atom. The van der Waals surface area contributed by atoms with Crippen LogP contribution in [0, 0.1) is 0 Å². The Morgan fingerprint density at radius 1 is 0.341 bits per heavy atom. The van der Waals surface area contributed by atoms with Crippen LogP contribution in [0.4, 0.5) is 17.1 Å². The predicted octanol–water partition coefficient (Wildman–Crippen LogP) is 11.6. The van der Waals surface area contributed by atoms with Gasteiger partial charge in [-0.3, -0.25) is 0 Å². The standard InChI is InChI=1S/C42H30N2/c1-4-13-31(14-5-1)33-23-27-36(28-24-33)43(35-17-8-3-9-18-35)40-21-12-22-41-42(40)38-19-10-11-20-39(38)44(41)37-29-25-34(26-30-37)32-15-6-2-7-16-32/h1-30H. The van der Waals surface area contributed by atoms with Crippen LogP contribution in [0.15, 0.2) is 182 Å². The molecule has 0 aliphatic heterocycles. The molecule has 0 aliphatic carbocycles. The SMILES string of the molecule is c1ccc(-c2ccc(N(c3ccccc3)c3cccc4c3c3ccccc3n4-c3ccc(-c4ccccc4)cc3)cc2)cc1. The first-order chi connectivity index (χ1) is 21.8. The fraction of sp³-hybridized carbons (Fsp3) is 0. The van der Waals surface area contributed by atoms with Gasteiger partial charge in [0.25, 0.3) is 0 Å². The molecule has 208 valence electrons. The van der Waals surface area contributed by atoms with Gasteiger partial charge >= 0.3 is 0 Å². The van der Waals surface area contributed by atoms with E-state index in [-0.39, 0.29) is 0 Å². The molecule has 8 aromatic rings. The van der Waals surface area contributed by atoms with E-state index in [2.05, 4.69) is 191 Å². The monoisotopic (exact) mass is 562 g/mol. The lowest BCUT2D eigenvalue weighted by atomic mass is 10.0. The Kier molecular flexibility index (Phi) is 6.51. The van der Waals surface area contributed by atoms with E-state index >= 15 is 0 Å². The van der Waals surface area contributed by atoms with Crippen molar-refractivity contribution < 1.29 is 0 Å². The zero-order valence-electron chi connectivity index (χ0n) is 24.2. The van der Waals surface area contributed by atoms with Crippen LogP contribution in [0.25, 0.3) is 49.7 Å². The van der Waals surface area contributed by atoms with Gasteiger partial charge in [-0.15, -0.1) is 0 Å². The maximum Gasteiger partial charge on any atom is 0.0562 e. The van der Waals surface area contributed by atoms with Gasteiger partial charge in [0.15, 0.2) is 0 Å². The molecule has 0 fully saturated rings. The summed E-state index contributed by atoms with van der Waals surface area (Å²) < 4.78 is 2.39. The van der Waals surface area contributed by atoms with E-state index in [1.165, 1.54) is 44.1 Å². The zero-order valence-corrected chi connectivity index (χ0v) is 24.2. The van der Waals surface area contributed by atoms with Gasteiger partial charge < -0.3 is 9.47 Å². The Morgan fingerprint density at radius 3 is 1.45 bits per heavy atom. The maximum atomic E-state index is 2.39. The summed E-state index contributed by atoms with van der Waals surface area (Å²) in [6.07, 6.45) is 0. The highest BCUT2D eigenvalue weighted by molar-refractivity contribution is 6.16. The van der Waals surface area contributed by atoms with E-state index in [0.717, 1.165) is 22.7 Å². The maximum absolute atomic E-state index is 2.39. The number of nitrogens with zero attached hydrogens (tertiary/aromatic N) is 2. The van der Waals surface area contributed by atoms with Crippen molar-refractivity contribution >= 4 is 38.9 Å². The summed E-state index contributed by atoms with van der Waals surface area (Å²) in [4.78, 5) is 2.38. The highest BCUT2D eigenvalue weighted by Gasteiger charge is 2.20. The minimum absolute atomic E-state index is 1.12. The Labute approximate surface area is 257 Å². The molecule has 2 heteroatoms. The molecule has 8 rings (SSSR count). The van der Waals surface area contributed by atoms with Gasteiger partial charge in [-0.2, -0.15) is 0 Å². The van der Waals surface area contributed by atoms with Crippen molar-refractivity contribution in [1.29, 1.82) is 0 Å². The molecule has 2 nitrogen and oxygen atoms in total. The van der Waals surface area contributed by atoms with Crippen LogP contribution in [0.5, 0.6) is 0 Å². The first kappa shape index (κ1) is 25.8. The summed E-state index contributed by atoms with van der Waals surface area (Å²) in [6, 6.07) is 65.0. The largest absolute Gasteiger partial charge is 0.310 e. The highest BCUT2D eigenvalue weighted by Crippen LogP contribution is 2.44. The molecule has 44 heavy (non-hydrogen) atoms. The van der Waals surface area contributed by atoms with E-state index in [1.807, 2.05) is 0 Å². The third-order valence-corrected chi connectivity index (χ3v) is 8.40. The van der Waals surface area contributed by atoms with E-state index in [9.17, 15) is 0 Å². The quantitative estimate of drug-likeness (QED) is 0.196. The molecule has 0 spiro atoms. The minimum Gasteiger partial charge on any atom is -0.310 e. The average molecular weight is 563 g/mol. The van der Waals surface area contributed by atoms with Gasteiger partial charge in [-0.1, -0.05) is 127 Å². The van der Waals surface area contributed by atoms with Crippen molar-refractivity contribution in [1.82, 2.24) is 4.57 Å². The topological polar surface area (TPSA) is 8.17 Å². The summed E-state index contributed by atoms with van der Waals surface area (Å²) >= 11 is 0. The second kappa shape index (κ2) is 11.1. The van der Waals surface area contributed by atoms with E-state index in [1.54, 1.807) is 0 Å². The summed E-state index contributed by atoms with van der Waals surface area (Å²) in [7, 11) is 0. The molecule has 7 aromatic carbocycles. The van der Waals surface area contributed by atoms with Gasteiger partial charge in [0.05, 0.1) is 16.7 Å².